The maximum atomic E-state index is 12.2. The quantitative estimate of drug-likeness (QED) is 0.595. The molecule has 1 fully saturated rings. The third-order valence-electron chi connectivity index (χ3n) is 4.80. The molecule has 26 heavy (non-hydrogen) atoms. The van der Waals surface area contributed by atoms with Crippen molar-refractivity contribution < 1.29 is 9.53 Å². The van der Waals surface area contributed by atoms with Crippen molar-refractivity contribution in [2.45, 2.75) is 43.8 Å². The van der Waals surface area contributed by atoms with Crippen LogP contribution < -0.4 is 15.9 Å². The number of carbonyl (C=O) groups excluding carboxylic acids is 1. The molecular weight excluding hydrogens is 350 g/mol. The standard InChI is InChI=1S/C18H25N5O2S/c1-12-5-3-4-6-15(12)20-16(24)11-26-18-22-21-17(23(18)19)13-7-9-14(25-2)10-8-13/h7-10,12,15H,3-6,11,19H2,1-2H3,(H,20,24). The number of hydrogen-bond acceptors (Lipinski definition) is 6. The van der Waals surface area contributed by atoms with Crippen molar-refractivity contribution in [3.05, 3.63) is 24.3 Å². The molecule has 0 saturated heterocycles. The second-order valence-electron chi connectivity index (χ2n) is 6.63. The Bertz CT molecular complexity index is 747. The van der Waals surface area contributed by atoms with Gasteiger partial charge in [-0.15, -0.1) is 10.2 Å². The first-order valence-corrected chi connectivity index (χ1v) is 9.84. The smallest absolute Gasteiger partial charge is 0.230 e. The van der Waals surface area contributed by atoms with Gasteiger partial charge in [-0.25, -0.2) is 4.68 Å². The minimum atomic E-state index is 0.0164. The highest BCUT2D eigenvalue weighted by molar-refractivity contribution is 7.99. The molecule has 3 rings (SSSR count). The fourth-order valence-corrected chi connectivity index (χ4v) is 3.89. The molecule has 2 aromatic rings. The number of methoxy groups -OCH3 is 1. The van der Waals surface area contributed by atoms with Crippen LogP contribution in [0.4, 0.5) is 0 Å². The van der Waals surface area contributed by atoms with Crippen LogP contribution in [-0.2, 0) is 4.79 Å². The summed E-state index contributed by atoms with van der Waals surface area (Å²) in [6.07, 6.45) is 4.68. The Morgan fingerprint density at radius 2 is 2.04 bits per heavy atom. The summed E-state index contributed by atoms with van der Waals surface area (Å²) in [5.74, 6) is 8.26. The van der Waals surface area contributed by atoms with E-state index in [-0.39, 0.29) is 17.7 Å². The SMILES string of the molecule is COc1ccc(-c2nnc(SCC(=O)NC3CCCCC3C)n2N)cc1. The van der Waals surface area contributed by atoms with Crippen LogP contribution >= 0.6 is 11.8 Å². The van der Waals surface area contributed by atoms with Crippen LogP contribution in [0.3, 0.4) is 0 Å². The van der Waals surface area contributed by atoms with Crippen LogP contribution in [0.15, 0.2) is 29.4 Å². The van der Waals surface area contributed by atoms with Crippen molar-refractivity contribution in [3.8, 4) is 17.1 Å². The van der Waals surface area contributed by atoms with Crippen molar-refractivity contribution in [1.82, 2.24) is 20.2 Å². The van der Waals surface area contributed by atoms with E-state index < -0.39 is 0 Å². The fraction of sp³-hybridized carbons (Fsp3) is 0.500. The van der Waals surface area contributed by atoms with E-state index >= 15 is 0 Å². The maximum Gasteiger partial charge on any atom is 0.230 e. The van der Waals surface area contributed by atoms with E-state index in [9.17, 15) is 4.79 Å². The normalized spacial score (nSPS) is 19.9. The van der Waals surface area contributed by atoms with E-state index in [1.807, 2.05) is 24.3 Å². The first kappa shape index (κ1) is 18.6. The average molecular weight is 375 g/mol. The van der Waals surface area contributed by atoms with E-state index in [1.165, 1.54) is 35.7 Å². The van der Waals surface area contributed by atoms with Gasteiger partial charge in [0.25, 0.3) is 0 Å². The summed E-state index contributed by atoms with van der Waals surface area (Å²) in [5.41, 5.74) is 0.841. The molecule has 140 valence electrons. The number of nitrogens with zero attached hydrogens (tertiary/aromatic N) is 3. The summed E-state index contributed by atoms with van der Waals surface area (Å²) in [5, 5.41) is 11.9. The lowest BCUT2D eigenvalue weighted by Crippen LogP contribution is -2.41. The lowest BCUT2D eigenvalue weighted by Gasteiger charge is -2.29. The second-order valence-corrected chi connectivity index (χ2v) is 7.57. The molecular formula is C18H25N5O2S. The van der Waals surface area contributed by atoms with E-state index in [2.05, 4.69) is 22.4 Å². The van der Waals surface area contributed by atoms with Gasteiger partial charge in [0.1, 0.15) is 5.75 Å². The maximum absolute atomic E-state index is 12.2. The number of rotatable bonds is 6. The average Bonchev–Trinajstić information content (AvgIpc) is 3.02. The highest BCUT2D eigenvalue weighted by atomic mass is 32.2. The summed E-state index contributed by atoms with van der Waals surface area (Å²) in [6, 6.07) is 7.71. The van der Waals surface area contributed by atoms with Crippen LogP contribution in [0.5, 0.6) is 5.75 Å². The minimum Gasteiger partial charge on any atom is -0.497 e. The molecule has 1 saturated carbocycles. The Kier molecular flexibility index (Phi) is 6.03. The zero-order chi connectivity index (χ0) is 18.5. The number of ether oxygens (including phenoxy) is 1. The number of carbonyl (C=O) groups is 1. The van der Waals surface area contributed by atoms with Gasteiger partial charge in [0.15, 0.2) is 5.82 Å². The lowest BCUT2D eigenvalue weighted by atomic mass is 9.86. The number of benzene rings is 1. The second kappa shape index (κ2) is 8.44. The molecule has 1 amide bonds. The molecule has 1 aliphatic carbocycles. The van der Waals surface area contributed by atoms with Crippen LogP contribution in [-0.4, -0.2) is 39.7 Å². The van der Waals surface area contributed by atoms with Crippen molar-refractivity contribution in [1.29, 1.82) is 0 Å². The van der Waals surface area contributed by atoms with Gasteiger partial charge in [-0.05, 0) is 43.0 Å². The zero-order valence-corrected chi connectivity index (χ0v) is 16.0. The Morgan fingerprint density at radius 3 is 2.73 bits per heavy atom. The van der Waals surface area contributed by atoms with E-state index in [0.717, 1.165) is 17.7 Å². The number of nitrogen functional groups attached to an aromatic ring is 1. The van der Waals surface area contributed by atoms with Crippen molar-refractivity contribution >= 4 is 17.7 Å². The molecule has 0 bridgehead atoms. The number of thioether (sulfide) groups is 1. The van der Waals surface area contributed by atoms with Crippen molar-refractivity contribution in [2.75, 3.05) is 18.7 Å². The summed E-state index contributed by atoms with van der Waals surface area (Å²) >= 11 is 1.30. The van der Waals surface area contributed by atoms with Gasteiger partial charge < -0.3 is 15.9 Å². The molecule has 1 aromatic heterocycles. The first-order chi connectivity index (χ1) is 12.6. The molecule has 3 N–H and O–H groups in total. The van der Waals surface area contributed by atoms with Gasteiger partial charge in [0.2, 0.25) is 11.1 Å². The van der Waals surface area contributed by atoms with Gasteiger partial charge >= 0.3 is 0 Å². The summed E-state index contributed by atoms with van der Waals surface area (Å²) < 4.78 is 6.57. The van der Waals surface area contributed by atoms with Crippen LogP contribution in [0.2, 0.25) is 0 Å². The molecule has 1 aliphatic rings. The molecule has 1 heterocycles. The summed E-state index contributed by atoms with van der Waals surface area (Å²) in [7, 11) is 1.62. The molecule has 8 heteroatoms. The largest absolute Gasteiger partial charge is 0.497 e. The molecule has 1 aromatic carbocycles. The predicted octanol–water partition coefficient (Wildman–Crippen LogP) is 2.45. The van der Waals surface area contributed by atoms with E-state index in [1.54, 1.807) is 7.11 Å². The number of amides is 1. The Balaban J connectivity index is 1.58. The minimum absolute atomic E-state index is 0.0164. The Hall–Kier alpha value is -2.22. The highest BCUT2D eigenvalue weighted by Crippen LogP contribution is 2.25. The van der Waals surface area contributed by atoms with Crippen LogP contribution in [0.1, 0.15) is 32.6 Å². The first-order valence-electron chi connectivity index (χ1n) is 8.85. The van der Waals surface area contributed by atoms with Crippen LogP contribution in [0, 0.1) is 5.92 Å². The highest BCUT2D eigenvalue weighted by Gasteiger charge is 2.23. The van der Waals surface area contributed by atoms with Crippen molar-refractivity contribution in [2.24, 2.45) is 5.92 Å². The third kappa shape index (κ3) is 4.30. The monoisotopic (exact) mass is 375 g/mol. The Labute approximate surface area is 157 Å². The summed E-state index contributed by atoms with van der Waals surface area (Å²) in [4.78, 5) is 12.2. The van der Waals surface area contributed by atoms with Gasteiger partial charge in [-0.2, -0.15) is 0 Å². The fourth-order valence-electron chi connectivity index (χ4n) is 3.22. The number of nitrogens with two attached hydrogens (primary N) is 1. The van der Waals surface area contributed by atoms with Gasteiger partial charge in [0, 0.05) is 11.6 Å². The van der Waals surface area contributed by atoms with E-state index in [4.69, 9.17) is 10.6 Å². The topological polar surface area (TPSA) is 95.1 Å². The van der Waals surface area contributed by atoms with Gasteiger partial charge in [-0.1, -0.05) is 31.5 Å². The molecule has 2 atom stereocenters. The zero-order valence-electron chi connectivity index (χ0n) is 15.1. The van der Waals surface area contributed by atoms with E-state index in [0.29, 0.717) is 16.9 Å². The molecule has 7 nitrogen and oxygen atoms in total. The molecule has 0 radical (unpaired) electrons. The predicted molar refractivity (Wildman–Crippen MR) is 102 cm³/mol. The van der Waals surface area contributed by atoms with Gasteiger partial charge in [-0.3, -0.25) is 4.79 Å². The summed E-state index contributed by atoms with van der Waals surface area (Å²) in [6.45, 7) is 2.20. The molecule has 0 spiro atoms. The molecule has 0 aliphatic heterocycles. The Morgan fingerprint density at radius 1 is 1.31 bits per heavy atom. The van der Waals surface area contributed by atoms with Crippen molar-refractivity contribution in [3.63, 3.8) is 0 Å². The lowest BCUT2D eigenvalue weighted by molar-refractivity contribution is -0.119. The van der Waals surface area contributed by atoms with Gasteiger partial charge in [0.05, 0.1) is 12.9 Å². The third-order valence-corrected chi connectivity index (χ3v) is 5.75. The van der Waals surface area contributed by atoms with Crippen LogP contribution in [0.25, 0.3) is 11.4 Å². The number of nitrogens with one attached hydrogen (secondary N) is 1. The number of aromatic nitrogens is 3. The number of hydrogen-bond donors (Lipinski definition) is 2. The molecule has 2 unspecified atom stereocenters.